The molecule has 2 aromatic carbocycles. The standard InChI is InChI=1S/C20H15N3O6/c1-2-25-14-5-3-4-11-8-16(28-17(11)14)18(24)21-20-23-22-19(29-20)12-6-7-13-15(9-12)27-10-26-13/h3-9H,2,10H2,1H3,(H,21,23,24). The maximum absolute atomic E-state index is 12.5. The topological polar surface area (TPSA) is 109 Å². The second kappa shape index (κ2) is 6.86. The molecule has 3 heterocycles. The molecule has 4 aromatic rings. The first-order valence-corrected chi connectivity index (χ1v) is 8.91. The first-order chi connectivity index (χ1) is 14.2. The first kappa shape index (κ1) is 17.1. The predicted octanol–water partition coefficient (Wildman–Crippen LogP) is 3.86. The minimum Gasteiger partial charge on any atom is -0.490 e. The number of carbonyl (C=O) groups is 1. The summed E-state index contributed by atoms with van der Waals surface area (Å²) in [5.41, 5.74) is 1.15. The Labute approximate surface area is 164 Å². The maximum atomic E-state index is 12.5. The fourth-order valence-electron chi connectivity index (χ4n) is 3.00. The van der Waals surface area contributed by atoms with Crippen LogP contribution in [0.4, 0.5) is 6.01 Å². The summed E-state index contributed by atoms with van der Waals surface area (Å²) >= 11 is 0. The van der Waals surface area contributed by atoms with Gasteiger partial charge in [0.05, 0.1) is 6.61 Å². The molecule has 0 bridgehead atoms. The fraction of sp³-hybridized carbons (Fsp3) is 0.150. The molecule has 0 saturated carbocycles. The van der Waals surface area contributed by atoms with Gasteiger partial charge in [-0.1, -0.05) is 17.2 Å². The monoisotopic (exact) mass is 393 g/mol. The third-order valence-electron chi connectivity index (χ3n) is 4.30. The molecule has 0 fully saturated rings. The van der Waals surface area contributed by atoms with E-state index in [1.54, 1.807) is 30.3 Å². The van der Waals surface area contributed by atoms with E-state index in [0.717, 1.165) is 5.39 Å². The Hall–Kier alpha value is -4.01. The van der Waals surface area contributed by atoms with Crippen LogP contribution in [0.15, 0.2) is 51.3 Å². The Balaban J connectivity index is 1.36. The number of hydrogen-bond donors (Lipinski definition) is 1. The van der Waals surface area contributed by atoms with Gasteiger partial charge in [-0.3, -0.25) is 10.1 Å². The van der Waals surface area contributed by atoms with Crippen molar-refractivity contribution in [2.75, 3.05) is 18.7 Å². The van der Waals surface area contributed by atoms with E-state index in [1.165, 1.54) is 0 Å². The van der Waals surface area contributed by atoms with E-state index >= 15 is 0 Å². The molecule has 0 spiro atoms. The van der Waals surface area contributed by atoms with Crippen LogP contribution in [0.3, 0.4) is 0 Å². The Morgan fingerprint density at radius 3 is 2.90 bits per heavy atom. The molecule has 1 amide bonds. The van der Waals surface area contributed by atoms with Crippen molar-refractivity contribution in [1.29, 1.82) is 0 Å². The van der Waals surface area contributed by atoms with Gasteiger partial charge >= 0.3 is 6.01 Å². The van der Waals surface area contributed by atoms with Gasteiger partial charge in [-0.2, -0.15) is 0 Å². The van der Waals surface area contributed by atoms with Crippen LogP contribution < -0.4 is 19.5 Å². The number of furan rings is 1. The second-order valence-electron chi connectivity index (χ2n) is 6.15. The molecule has 0 unspecified atom stereocenters. The SMILES string of the molecule is CCOc1cccc2cc(C(=O)Nc3nnc(-c4ccc5c(c4)OCO5)o3)oc12. The van der Waals surface area contributed by atoms with Crippen molar-refractivity contribution in [2.45, 2.75) is 6.92 Å². The van der Waals surface area contributed by atoms with E-state index < -0.39 is 5.91 Å². The highest BCUT2D eigenvalue weighted by Crippen LogP contribution is 2.36. The zero-order valence-corrected chi connectivity index (χ0v) is 15.3. The lowest BCUT2D eigenvalue weighted by Crippen LogP contribution is -2.10. The van der Waals surface area contributed by atoms with Gasteiger partial charge in [0.15, 0.2) is 28.6 Å². The number of rotatable bonds is 5. The van der Waals surface area contributed by atoms with Gasteiger partial charge in [0.2, 0.25) is 12.7 Å². The number of ether oxygens (including phenoxy) is 3. The largest absolute Gasteiger partial charge is 0.490 e. The van der Waals surface area contributed by atoms with E-state index in [4.69, 9.17) is 23.0 Å². The maximum Gasteiger partial charge on any atom is 0.322 e. The zero-order chi connectivity index (χ0) is 19.8. The number of aromatic nitrogens is 2. The second-order valence-corrected chi connectivity index (χ2v) is 6.15. The number of fused-ring (bicyclic) bond motifs is 2. The fourth-order valence-corrected chi connectivity index (χ4v) is 3.00. The van der Waals surface area contributed by atoms with E-state index in [2.05, 4.69) is 15.5 Å². The number of amides is 1. The molecular weight excluding hydrogens is 378 g/mol. The summed E-state index contributed by atoms with van der Waals surface area (Å²) in [4.78, 5) is 12.5. The third-order valence-corrected chi connectivity index (χ3v) is 4.30. The highest BCUT2D eigenvalue weighted by molar-refractivity contribution is 6.04. The van der Waals surface area contributed by atoms with Crippen LogP contribution >= 0.6 is 0 Å². The van der Waals surface area contributed by atoms with Crippen molar-refractivity contribution in [2.24, 2.45) is 0 Å². The third kappa shape index (κ3) is 3.12. The van der Waals surface area contributed by atoms with Crippen molar-refractivity contribution in [1.82, 2.24) is 10.2 Å². The normalized spacial score (nSPS) is 12.3. The van der Waals surface area contributed by atoms with Crippen LogP contribution in [0.2, 0.25) is 0 Å². The molecule has 9 heteroatoms. The Kier molecular flexibility index (Phi) is 4.05. The number of hydrogen-bond acceptors (Lipinski definition) is 8. The molecule has 5 rings (SSSR count). The molecule has 9 nitrogen and oxygen atoms in total. The average Bonchev–Trinajstić information content (AvgIpc) is 3.46. The molecule has 1 aliphatic heterocycles. The van der Waals surface area contributed by atoms with Crippen molar-refractivity contribution < 1.29 is 27.8 Å². The first-order valence-electron chi connectivity index (χ1n) is 8.91. The zero-order valence-electron chi connectivity index (χ0n) is 15.3. The van der Waals surface area contributed by atoms with Crippen molar-refractivity contribution >= 4 is 22.9 Å². The summed E-state index contributed by atoms with van der Waals surface area (Å²) in [6.45, 7) is 2.54. The van der Waals surface area contributed by atoms with E-state index in [1.807, 2.05) is 19.1 Å². The van der Waals surface area contributed by atoms with Crippen LogP contribution in [-0.4, -0.2) is 29.5 Å². The molecule has 1 N–H and O–H groups in total. The van der Waals surface area contributed by atoms with Gasteiger partial charge < -0.3 is 23.0 Å². The lowest BCUT2D eigenvalue weighted by atomic mass is 10.2. The Morgan fingerprint density at radius 2 is 2.00 bits per heavy atom. The summed E-state index contributed by atoms with van der Waals surface area (Å²) < 4.78 is 27.4. The summed E-state index contributed by atoms with van der Waals surface area (Å²) in [5, 5.41) is 11.1. The molecule has 0 atom stereocenters. The molecule has 1 aliphatic rings. The summed E-state index contributed by atoms with van der Waals surface area (Å²) in [6.07, 6.45) is 0. The number of nitrogens with zero attached hydrogens (tertiary/aromatic N) is 2. The predicted molar refractivity (Wildman–Crippen MR) is 101 cm³/mol. The van der Waals surface area contributed by atoms with Crippen LogP contribution in [0, 0.1) is 0 Å². The molecule has 146 valence electrons. The quantitative estimate of drug-likeness (QED) is 0.544. The minimum atomic E-state index is -0.510. The summed E-state index contributed by atoms with van der Waals surface area (Å²) in [7, 11) is 0. The van der Waals surface area contributed by atoms with Gasteiger partial charge in [0.1, 0.15) is 0 Å². The average molecular weight is 393 g/mol. The van der Waals surface area contributed by atoms with E-state index in [-0.39, 0.29) is 24.5 Å². The van der Waals surface area contributed by atoms with Crippen LogP contribution in [0.25, 0.3) is 22.4 Å². The summed E-state index contributed by atoms with van der Waals surface area (Å²) in [6, 6.07) is 12.3. The van der Waals surface area contributed by atoms with Crippen LogP contribution in [0.1, 0.15) is 17.5 Å². The van der Waals surface area contributed by atoms with Gasteiger partial charge in [0.25, 0.3) is 5.91 Å². The molecule has 0 aliphatic carbocycles. The van der Waals surface area contributed by atoms with Gasteiger partial charge in [-0.05, 0) is 37.3 Å². The number of para-hydroxylation sites is 1. The molecule has 0 radical (unpaired) electrons. The lowest BCUT2D eigenvalue weighted by Gasteiger charge is -2.02. The lowest BCUT2D eigenvalue weighted by molar-refractivity contribution is 0.0995. The van der Waals surface area contributed by atoms with Gasteiger partial charge in [0, 0.05) is 10.9 Å². The van der Waals surface area contributed by atoms with Crippen molar-refractivity contribution in [3.05, 3.63) is 48.2 Å². The Bertz CT molecular complexity index is 1210. The molecule has 0 saturated heterocycles. The van der Waals surface area contributed by atoms with Crippen molar-refractivity contribution in [3.8, 4) is 28.7 Å². The number of anilines is 1. The Morgan fingerprint density at radius 1 is 1.10 bits per heavy atom. The molecule has 2 aromatic heterocycles. The number of carbonyl (C=O) groups excluding carboxylic acids is 1. The van der Waals surface area contributed by atoms with Crippen molar-refractivity contribution in [3.63, 3.8) is 0 Å². The van der Waals surface area contributed by atoms with Crippen LogP contribution in [-0.2, 0) is 0 Å². The van der Waals surface area contributed by atoms with Gasteiger partial charge in [-0.15, -0.1) is 5.10 Å². The van der Waals surface area contributed by atoms with Gasteiger partial charge in [-0.25, -0.2) is 0 Å². The van der Waals surface area contributed by atoms with E-state index in [9.17, 15) is 4.79 Å². The van der Waals surface area contributed by atoms with E-state index in [0.29, 0.717) is 35.0 Å². The molecular formula is C20H15N3O6. The number of nitrogens with one attached hydrogen (secondary N) is 1. The smallest absolute Gasteiger partial charge is 0.322 e. The summed E-state index contributed by atoms with van der Waals surface area (Å²) in [5.74, 6) is 1.66. The molecule has 29 heavy (non-hydrogen) atoms. The minimum absolute atomic E-state index is 0.0480. The highest BCUT2D eigenvalue weighted by Gasteiger charge is 2.20. The highest BCUT2D eigenvalue weighted by atomic mass is 16.7. The number of benzene rings is 2. The van der Waals surface area contributed by atoms with Crippen LogP contribution in [0.5, 0.6) is 17.2 Å².